The fourth-order valence-electron chi connectivity index (χ4n) is 1.76. The van der Waals surface area contributed by atoms with Crippen molar-refractivity contribution in [3.8, 4) is 0 Å². The van der Waals surface area contributed by atoms with Crippen LogP contribution in [0.4, 0.5) is 0 Å². The van der Waals surface area contributed by atoms with Gasteiger partial charge in [0.2, 0.25) is 0 Å². The van der Waals surface area contributed by atoms with E-state index in [4.69, 9.17) is 4.74 Å². The van der Waals surface area contributed by atoms with Gasteiger partial charge in [0, 0.05) is 6.20 Å². The summed E-state index contributed by atoms with van der Waals surface area (Å²) in [6, 6.07) is 3.35. The lowest BCUT2D eigenvalue weighted by atomic mass is 10.2. The van der Waals surface area contributed by atoms with E-state index < -0.39 is 0 Å². The van der Waals surface area contributed by atoms with Gasteiger partial charge in [-0.3, -0.25) is 0 Å². The van der Waals surface area contributed by atoms with Gasteiger partial charge in [0.15, 0.2) is 0 Å². The number of carbonyl (C=O) groups excluding carboxylic acids is 1. The smallest absolute Gasteiger partial charge is 0.338 e. The van der Waals surface area contributed by atoms with Crippen LogP contribution in [0.1, 0.15) is 36.0 Å². The number of pyridine rings is 1. The van der Waals surface area contributed by atoms with E-state index in [-0.39, 0.29) is 12.1 Å². The van der Waals surface area contributed by atoms with E-state index in [1.54, 1.807) is 18.3 Å². The second-order valence-electron chi connectivity index (χ2n) is 3.68. The van der Waals surface area contributed by atoms with Crippen LogP contribution in [-0.4, -0.2) is 17.1 Å². The largest absolute Gasteiger partial charge is 0.459 e. The summed E-state index contributed by atoms with van der Waals surface area (Å²) in [5.74, 6) is -0.245. The third-order valence-corrected chi connectivity index (χ3v) is 2.97. The highest BCUT2D eigenvalue weighted by molar-refractivity contribution is 9.10. The second kappa shape index (κ2) is 4.75. The Kier molecular flexibility index (Phi) is 3.36. The molecule has 1 fully saturated rings. The van der Waals surface area contributed by atoms with E-state index in [2.05, 4.69) is 20.9 Å². The minimum atomic E-state index is -0.245. The van der Waals surface area contributed by atoms with Gasteiger partial charge in [0.05, 0.1) is 5.56 Å². The van der Waals surface area contributed by atoms with Crippen molar-refractivity contribution < 1.29 is 9.53 Å². The average molecular weight is 270 g/mol. The van der Waals surface area contributed by atoms with Crippen molar-refractivity contribution in [1.82, 2.24) is 4.98 Å². The molecule has 1 aliphatic rings. The zero-order chi connectivity index (χ0) is 10.7. The fourth-order valence-corrected chi connectivity index (χ4v) is 2.12. The van der Waals surface area contributed by atoms with Gasteiger partial charge in [-0.15, -0.1) is 0 Å². The van der Waals surface area contributed by atoms with Crippen molar-refractivity contribution in [2.24, 2.45) is 0 Å². The summed E-state index contributed by atoms with van der Waals surface area (Å²) in [5.41, 5.74) is 0.559. The number of halogens is 1. The molecule has 80 valence electrons. The first-order chi connectivity index (χ1) is 7.25. The quantitative estimate of drug-likeness (QED) is 0.612. The van der Waals surface area contributed by atoms with Crippen LogP contribution in [0.5, 0.6) is 0 Å². The molecule has 0 amide bonds. The first-order valence-electron chi connectivity index (χ1n) is 5.08. The summed E-state index contributed by atoms with van der Waals surface area (Å²) in [6.07, 6.45) is 6.03. The molecule has 1 heterocycles. The Morgan fingerprint density at radius 2 is 2.20 bits per heavy atom. The molecule has 1 aromatic rings. The monoisotopic (exact) mass is 269 g/mol. The highest BCUT2D eigenvalue weighted by Gasteiger charge is 2.20. The number of hydrogen-bond acceptors (Lipinski definition) is 3. The van der Waals surface area contributed by atoms with Crippen LogP contribution in [0.3, 0.4) is 0 Å². The van der Waals surface area contributed by atoms with Crippen molar-refractivity contribution in [3.63, 3.8) is 0 Å². The molecule has 0 bridgehead atoms. The molecule has 0 spiro atoms. The average Bonchev–Trinajstić information content (AvgIpc) is 2.70. The van der Waals surface area contributed by atoms with E-state index in [1.165, 1.54) is 0 Å². The van der Waals surface area contributed by atoms with E-state index in [0.29, 0.717) is 10.2 Å². The summed E-state index contributed by atoms with van der Waals surface area (Å²) >= 11 is 3.22. The summed E-state index contributed by atoms with van der Waals surface area (Å²) in [5, 5.41) is 0. The Bertz CT molecular complexity index is 361. The Morgan fingerprint density at radius 3 is 2.87 bits per heavy atom. The molecule has 0 radical (unpaired) electrons. The van der Waals surface area contributed by atoms with Crippen molar-refractivity contribution in [3.05, 3.63) is 28.5 Å². The zero-order valence-corrected chi connectivity index (χ0v) is 9.87. The van der Waals surface area contributed by atoms with Crippen molar-refractivity contribution in [1.29, 1.82) is 0 Å². The predicted octanol–water partition coefficient (Wildman–Crippen LogP) is 2.94. The molecule has 0 unspecified atom stereocenters. The number of nitrogens with zero attached hydrogens (tertiary/aromatic N) is 1. The van der Waals surface area contributed by atoms with Crippen LogP contribution < -0.4 is 0 Å². The third-order valence-electron chi connectivity index (χ3n) is 2.54. The molecular weight excluding hydrogens is 258 g/mol. The Labute approximate surface area is 97.0 Å². The van der Waals surface area contributed by atoms with Crippen LogP contribution in [0.15, 0.2) is 22.9 Å². The Morgan fingerprint density at radius 1 is 1.47 bits per heavy atom. The molecule has 0 aliphatic heterocycles. The molecule has 0 aromatic carbocycles. The van der Waals surface area contributed by atoms with Gasteiger partial charge >= 0.3 is 5.97 Å². The molecule has 1 aromatic heterocycles. The number of aromatic nitrogens is 1. The number of ether oxygens (including phenoxy) is 1. The Hall–Kier alpha value is -0.900. The minimum absolute atomic E-state index is 0.115. The molecule has 0 atom stereocenters. The maximum absolute atomic E-state index is 11.7. The topological polar surface area (TPSA) is 39.2 Å². The van der Waals surface area contributed by atoms with E-state index in [0.717, 1.165) is 25.7 Å². The van der Waals surface area contributed by atoms with Crippen LogP contribution in [0, 0.1) is 0 Å². The van der Waals surface area contributed by atoms with Gasteiger partial charge in [-0.25, -0.2) is 9.78 Å². The minimum Gasteiger partial charge on any atom is -0.459 e. The lowest BCUT2D eigenvalue weighted by molar-refractivity contribution is 0.0317. The zero-order valence-electron chi connectivity index (χ0n) is 8.28. The molecule has 3 nitrogen and oxygen atoms in total. The molecule has 0 N–H and O–H groups in total. The molecule has 0 saturated heterocycles. The molecule has 15 heavy (non-hydrogen) atoms. The van der Waals surface area contributed by atoms with E-state index in [1.807, 2.05) is 0 Å². The first-order valence-corrected chi connectivity index (χ1v) is 5.87. The van der Waals surface area contributed by atoms with Crippen molar-refractivity contribution >= 4 is 21.9 Å². The number of hydrogen-bond donors (Lipinski definition) is 0. The SMILES string of the molecule is O=C(OC1CCCC1)c1ccnc(Br)c1. The van der Waals surface area contributed by atoms with E-state index in [9.17, 15) is 4.79 Å². The summed E-state index contributed by atoms with van der Waals surface area (Å²) in [4.78, 5) is 15.6. The second-order valence-corrected chi connectivity index (χ2v) is 4.49. The lowest BCUT2D eigenvalue weighted by Crippen LogP contribution is -2.14. The maximum Gasteiger partial charge on any atom is 0.338 e. The van der Waals surface area contributed by atoms with Crippen LogP contribution in [0.25, 0.3) is 0 Å². The third kappa shape index (κ3) is 2.78. The normalized spacial score (nSPS) is 16.6. The van der Waals surface area contributed by atoms with Gasteiger partial charge in [-0.2, -0.15) is 0 Å². The van der Waals surface area contributed by atoms with Gasteiger partial charge in [-0.1, -0.05) is 0 Å². The van der Waals surface area contributed by atoms with Gasteiger partial charge in [-0.05, 0) is 53.7 Å². The Balaban J connectivity index is 2.01. The highest BCUT2D eigenvalue weighted by Crippen LogP contribution is 2.22. The lowest BCUT2D eigenvalue weighted by Gasteiger charge is -2.10. The number of rotatable bonds is 2. The highest BCUT2D eigenvalue weighted by atomic mass is 79.9. The van der Waals surface area contributed by atoms with Crippen molar-refractivity contribution in [2.45, 2.75) is 31.8 Å². The molecule has 1 saturated carbocycles. The standard InChI is InChI=1S/C11H12BrNO2/c12-10-7-8(5-6-13-10)11(14)15-9-3-1-2-4-9/h5-7,9H,1-4H2. The van der Waals surface area contributed by atoms with Crippen LogP contribution in [0.2, 0.25) is 0 Å². The van der Waals surface area contributed by atoms with Crippen LogP contribution >= 0.6 is 15.9 Å². The molecule has 4 heteroatoms. The maximum atomic E-state index is 11.7. The summed E-state index contributed by atoms with van der Waals surface area (Å²) in [6.45, 7) is 0. The number of carbonyl (C=O) groups is 1. The molecular formula is C11H12BrNO2. The molecule has 1 aliphatic carbocycles. The van der Waals surface area contributed by atoms with Gasteiger partial charge in [0.1, 0.15) is 10.7 Å². The van der Waals surface area contributed by atoms with Crippen LogP contribution in [-0.2, 0) is 4.74 Å². The predicted molar refractivity (Wildman–Crippen MR) is 59.6 cm³/mol. The first kappa shape index (κ1) is 10.6. The van der Waals surface area contributed by atoms with Gasteiger partial charge < -0.3 is 4.74 Å². The summed E-state index contributed by atoms with van der Waals surface area (Å²) in [7, 11) is 0. The van der Waals surface area contributed by atoms with E-state index >= 15 is 0 Å². The molecule has 2 rings (SSSR count). The van der Waals surface area contributed by atoms with Crippen molar-refractivity contribution in [2.75, 3.05) is 0 Å². The number of esters is 1. The fraction of sp³-hybridized carbons (Fsp3) is 0.455. The summed E-state index contributed by atoms with van der Waals surface area (Å²) < 4.78 is 6.02. The van der Waals surface area contributed by atoms with Gasteiger partial charge in [0.25, 0.3) is 0 Å².